The predicted octanol–water partition coefficient (Wildman–Crippen LogP) is 3.06. The summed E-state index contributed by atoms with van der Waals surface area (Å²) in [4.78, 5) is 39.6. The van der Waals surface area contributed by atoms with Crippen LogP contribution in [0.1, 0.15) is 22.5 Å². The molecule has 2 rings (SSSR count). The minimum atomic E-state index is -1.02. The van der Waals surface area contributed by atoms with Gasteiger partial charge < -0.3 is 10.0 Å². The largest absolute Gasteiger partial charge is 0.481 e. The van der Waals surface area contributed by atoms with Crippen molar-refractivity contribution < 1.29 is 19.6 Å². The molecule has 0 aliphatic rings. The molecule has 0 aliphatic carbocycles. The highest BCUT2D eigenvalue weighted by molar-refractivity contribution is 8.01. The van der Waals surface area contributed by atoms with Crippen molar-refractivity contribution in [2.45, 2.75) is 22.6 Å². The Labute approximate surface area is 151 Å². The van der Waals surface area contributed by atoms with Crippen molar-refractivity contribution in [3.8, 4) is 0 Å². The van der Waals surface area contributed by atoms with Crippen molar-refractivity contribution in [1.82, 2.24) is 9.88 Å². The summed E-state index contributed by atoms with van der Waals surface area (Å²) in [5.41, 5.74) is 0.789. The molecule has 0 atom stereocenters. The molecule has 0 unspecified atom stereocenters. The van der Waals surface area contributed by atoms with E-state index < -0.39 is 16.8 Å². The first kappa shape index (κ1) is 18.9. The van der Waals surface area contributed by atoms with E-state index in [9.17, 15) is 19.7 Å². The summed E-state index contributed by atoms with van der Waals surface area (Å²) in [5.74, 6) is -1.48. The van der Waals surface area contributed by atoms with Gasteiger partial charge in [-0.15, -0.1) is 11.3 Å². The minimum Gasteiger partial charge on any atom is -0.481 e. The number of aliphatic carboxylic acids is 1. The monoisotopic (exact) mass is 381 g/mol. The number of nitro benzene ring substituents is 1. The maximum Gasteiger partial charge on any atom is 0.305 e. The van der Waals surface area contributed by atoms with Crippen LogP contribution in [0.4, 0.5) is 5.69 Å². The standard InChI is InChI=1S/C15H15N3O5S2/c1-9-8-24-15(16-9)25-12-4-3-10(7-11(12)18(22)23)14(21)17(2)6-5-13(19)20/h3-4,7-8H,5-6H2,1-2H3,(H,19,20). The maximum atomic E-state index is 12.3. The van der Waals surface area contributed by atoms with Gasteiger partial charge in [-0.25, -0.2) is 4.98 Å². The third-order valence-corrected chi connectivity index (χ3v) is 5.33. The van der Waals surface area contributed by atoms with Crippen molar-refractivity contribution in [1.29, 1.82) is 0 Å². The number of thiazole rings is 1. The number of aryl methyl sites for hydroxylation is 1. The number of carboxylic acid groups (broad SMARTS) is 1. The third-order valence-electron chi connectivity index (χ3n) is 3.21. The maximum absolute atomic E-state index is 12.3. The lowest BCUT2D eigenvalue weighted by atomic mass is 10.1. The Morgan fingerprint density at radius 3 is 2.72 bits per heavy atom. The lowest BCUT2D eigenvalue weighted by molar-refractivity contribution is -0.387. The van der Waals surface area contributed by atoms with Crippen LogP contribution in [0.15, 0.2) is 32.8 Å². The van der Waals surface area contributed by atoms with E-state index in [2.05, 4.69) is 4.98 Å². The molecule has 0 aliphatic heterocycles. The third kappa shape index (κ3) is 5.00. The van der Waals surface area contributed by atoms with E-state index in [1.165, 1.54) is 53.2 Å². The van der Waals surface area contributed by atoms with E-state index in [4.69, 9.17) is 5.11 Å². The fourth-order valence-corrected chi connectivity index (χ4v) is 3.82. The van der Waals surface area contributed by atoms with Gasteiger partial charge in [-0.3, -0.25) is 19.7 Å². The van der Waals surface area contributed by atoms with E-state index in [-0.39, 0.29) is 24.2 Å². The molecule has 132 valence electrons. The molecule has 1 amide bonds. The molecular formula is C15H15N3O5S2. The number of nitro groups is 1. The van der Waals surface area contributed by atoms with Gasteiger partial charge in [-0.05, 0) is 19.1 Å². The Morgan fingerprint density at radius 1 is 1.44 bits per heavy atom. The number of carbonyl (C=O) groups excluding carboxylic acids is 1. The van der Waals surface area contributed by atoms with Crippen molar-refractivity contribution in [2.75, 3.05) is 13.6 Å². The number of nitrogens with zero attached hydrogens (tertiary/aromatic N) is 3. The number of carbonyl (C=O) groups is 2. The van der Waals surface area contributed by atoms with Crippen LogP contribution in [0.3, 0.4) is 0 Å². The second-order valence-electron chi connectivity index (χ2n) is 5.17. The molecule has 1 N–H and O–H groups in total. The lowest BCUT2D eigenvalue weighted by Crippen LogP contribution is -2.29. The van der Waals surface area contributed by atoms with Crippen LogP contribution in [-0.4, -0.2) is 45.4 Å². The molecule has 0 fully saturated rings. The van der Waals surface area contributed by atoms with Gasteiger partial charge in [-0.2, -0.15) is 0 Å². The first-order chi connectivity index (χ1) is 11.8. The lowest BCUT2D eigenvalue weighted by Gasteiger charge is -2.16. The molecule has 0 spiro atoms. The van der Waals surface area contributed by atoms with Crippen molar-refractivity contribution in [3.63, 3.8) is 0 Å². The Morgan fingerprint density at radius 2 is 2.16 bits per heavy atom. The number of benzene rings is 1. The van der Waals surface area contributed by atoms with E-state index in [1.807, 2.05) is 12.3 Å². The van der Waals surface area contributed by atoms with E-state index in [1.54, 1.807) is 0 Å². The van der Waals surface area contributed by atoms with Gasteiger partial charge in [-0.1, -0.05) is 11.8 Å². The summed E-state index contributed by atoms with van der Waals surface area (Å²) in [6.45, 7) is 1.86. The van der Waals surface area contributed by atoms with Crippen LogP contribution < -0.4 is 0 Å². The second-order valence-corrected chi connectivity index (χ2v) is 7.31. The summed E-state index contributed by atoms with van der Waals surface area (Å²) >= 11 is 2.56. The number of hydrogen-bond acceptors (Lipinski definition) is 7. The average molecular weight is 381 g/mol. The molecule has 10 heteroatoms. The van der Waals surface area contributed by atoms with Crippen molar-refractivity contribution in [2.24, 2.45) is 0 Å². The quantitative estimate of drug-likeness (QED) is 0.579. The summed E-state index contributed by atoms with van der Waals surface area (Å²) in [5, 5.41) is 21.9. The van der Waals surface area contributed by atoms with Crippen LogP contribution >= 0.6 is 23.1 Å². The van der Waals surface area contributed by atoms with Crippen LogP contribution in [-0.2, 0) is 4.79 Å². The summed E-state index contributed by atoms with van der Waals surface area (Å²) in [6.07, 6.45) is -0.193. The predicted molar refractivity (Wildman–Crippen MR) is 93.3 cm³/mol. The molecule has 1 aromatic carbocycles. The van der Waals surface area contributed by atoms with Crippen molar-refractivity contribution in [3.05, 3.63) is 45.0 Å². The van der Waals surface area contributed by atoms with Crippen molar-refractivity contribution >= 4 is 40.7 Å². The zero-order valence-electron chi connectivity index (χ0n) is 13.5. The van der Waals surface area contributed by atoms with Gasteiger partial charge in [0.05, 0.1) is 16.2 Å². The molecule has 25 heavy (non-hydrogen) atoms. The zero-order chi connectivity index (χ0) is 18.6. The van der Waals surface area contributed by atoms with Gasteiger partial charge >= 0.3 is 5.97 Å². The van der Waals surface area contributed by atoms with Gasteiger partial charge in [0, 0.05) is 36.3 Å². The summed E-state index contributed by atoms with van der Waals surface area (Å²) in [6, 6.07) is 4.22. The smallest absolute Gasteiger partial charge is 0.305 e. The Balaban J connectivity index is 2.24. The number of hydrogen-bond donors (Lipinski definition) is 1. The molecule has 0 bridgehead atoms. The highest BCUT2D eigenvalue weighted by atomic mass is 32.2. The van der Waals surface area contributed by atoms with Gasteiger partial charge in [0.15, 0.2) is 4.34 Å². The number of rotatable bonds is 7. The van der Waals surface area contributed by atoms with Gasteiger partial charge in [0.25, 0.3) is 11.6 Å². The molecule has 0 radical (unpaired) electrons. The van der Waals surface area contributed by atoms with Crippen LogP contribution in [0.2, 0.25) is 0 Å². The Kier molecular flexibility index (Phi) is 6.10. The fourth-order valence-electron chi connectivity index (χ4n) is 1.94. The highest BCUT2D eigenvalue weighted by Gasteiger charge is 2.21. The zero-order valence-corrected chi connectivity index (χ0v) is 15.1. The van der Waals surface area contributed by atoms with Gasteiger partial charge in [0.2, 0.25) is 0 Å². The normalized spacial score (nSPS) is 10.5. The average Bonchev–Trinajstić information content (AvgIpc) is 2.97. The van der Waals surface area contributed by atoms with Crippen LogP contribution in [0, 0.1) is 17.0 Å². The number of amides is 1. The minimum absolute atomic E-state index is 0.0247. The SMILES string of the molecule is Cc1csc(Sc2ccc(C(=O)N(C)CCC(=O)O)cc2[N+](=O)[O-])n1. The van der Waals surface area contributed by atoms with Crippen LogP contribution in [0.25, 0.3) is 0 Å². The highest BCUT2D eigenvalue weighted by Crippen LogP contribution is 2.36. The summed E-state index contributed by atoms with van der Waals surface area (Å²) < 4.78 is 0.679. The molecule has 8 nitrogen and oxygen atoms in total. The molecule has 0 saturated heterocycles. The van der Waals surface area contributed by atoms with Crippen LogP contribution in [0.5, 0.6) is 0 Å². The summed E-state index contributed by atoms with van der Waals surface area (Å²) in [7, 11) is 1.46. The van der Waals surface area contributed by atoms with E-state index in [0.29, 0.717) is 9.24 Å². The molecule has 1 heterocycles. The van der Waals surface area contributed by atoms with E-state index in [0.717, 1.165) is 5.69 Å². The molecular weight excluding hydrogens is 366 g/mol. The first-order valence-corrected chi connectivity index (χ1v) is 8.83. The molecule has 0 saturated carbocycles. The fraction of sp³-hybridized carbons (Fsp3) is 0.267. The Bertz CT molecular complexity index is 821. The van der Waals surface area contributed by atoms with E-state index >= 15 is 0 Å². The second kappa shape index (κ2) is 8.08. The molecule has 1 aromatic heterocycles. The Hall–Kier alpha value is -2.46. The topological polar surface area (TPSA) is 114 Å². The number of aromatic nitrogens is 1. The first-order valence-electron chi connectivity index (χ1n) is 7.13. The number of carboxylic acids is 1. The molecule has 2 aromatic rings. The van der Waals surface area contributed by atoms with Gasteiger partial charge in [0.1, 0.15) is 0 Å².